The normalized spacial score (nSPS) is 13.0. The molecule has 3 N–H and O–H groups in total. The Morgan fingerprint density at radius 1 is 1.08 bits per heavy atom. The molecule has 0 aromatic heterocycles. The minimum absolute atomic E-state index is 0.302. The number of rotatable bonds is 11. The molecule has 0 amide bonds. The summed E-state index contributed by atoms with van der Waals surface area (Å²) < 4.78 is 5.77. The molecule has 0 saturated carbocycles. The number of hydrogen-bond donors (Lipinski definition) is 3. The number of para-hydroxylation sites is 1. The summed E-state index contributed by atoms with van der Waals surface area (Å²) in [6, 6.07) is 10.3. The van der Waals surface area contributed by atoms with Gasteiger partial charge < -0.3 is 20.7 Å². The zero-order chi connectivity index (χ0) is 17.6. The van der Waals surface area contributed by atoms with Crippen molar-refractivity contribution in [2.45, 2.75) is 39.7 Å². The van der Waals surface area contributed by atoms with Crippen LogP contribution in [0, 0.1) is 5.92 Å². The number of guanidine groups is 1. The summed E-state index contributed by atoms with van der Waals surface area (Å²) in [4.78, 5) is 4.26. The fraction of sp³-hybridized carbons (Fsp3) is 0.632. The molecule has 0 saturated heterocycles. The first kappa shape index (κ1) is 20.3. The summed E-state index contributed by atoms with van der Waals surface area (Å²) in [6.07, 6.45) is 2.32. The van der Waals surface area contributed by atoms with E-state index in [1.807, 2.05) is 25.1 Å². The second-order valence-electron chi connectivity index (χ2n) is 6.10. The van der Waals surface area contributed by atoms with E-state index in [0.717, 1.165) is 50.7 Å². The second-order valence-corrected chi connectivity index (χ2v) is 6.10. The van der Waals surface area contributed by atoms with E-state index in [-0.39, 0.29) is 0 Å². The molecule has 5 heteroatoms. The van der Waals surface area contributed by atoms with Crippen molar-refractivity contribution in [2.24, 2.45) is 10.9 Å². The molecule has 0 spiro atoms. The molecular formula is C19H34N4O. The van der Waals surface area contributed by atoms with Gasteiger partial charge in [0.05, 0.1) is 6.10 Å². The Labute approximate surface area is 147 Å². The van der Waals surface area contributed by atoms with Crippen molar-refractivity contribution in [2.75, 3.05) is 38.6 Å². The van der Waals surface area contributed by atoms with Gasteiger partial charge in [-0.15, -0.1) is 0 Å². The Morgan fingerprint density at radius 2 is 1.79 bits per heavy atom. The molecule has 1 atom stereocenters. The smallest absolute Gasteiger partial charge is 0.190 e. The molecule has 1 aromatic rings. The van der Waals surface area contributed by atoms with Crippen LogP contribution in [0.4, 0.5) is 5.69 Å². The average Bonchev–Trinajstić information content (AvgIpc) is 2.59. The predicted molar refractivity (Wildman–Crippen MR) is 104 cm³/mol. The first-order valence-corrected chi connectivity index (χ1v) is 9.02. The SMILES string of the molecule is CCOC(CCNC(=NC)NCCCNc1ccccc1)C(C)C. The minimum Gasteiger partial charge on any atom is -0.385 e. The maximum Gasteiger partial charge on any atom is 0.190 e. The number of nitrogens with zero attached hydrogens (tertiary/aromatic N) is 1. The molecule has 5 nitrogen and oxygen atoms in total. The first-order valence-electron chi connectivity index (χ1n) is 9.02. The molecule has 1 rings (SSSR count). The zero-order valence-corrected chi connectivity index (χ0v) is 15.6. The van der Waals surface area contributed by atoms with Gasteiger partial charge in [0.15, 0.2) is 5.96 Å². The highest BCUT2D eigenvalue weighted by Gasteiger charge is 2.12. The van der Waals surface area contributed by atoms with E-state index in [1.165, 1.54) is 0 Å². The third-order valence-electron chi connectivity index (χ3n) is 3.82. The topological polar surface area (TPSA) is 57.7 Å². The van der Waals surface area contributed by atoms with Gasteiger partial charge in [-0.2, -0.15) is 0 Å². The highest BCUT2D eigenvalue weighted by atomic mass is 16.5. The average molecular weight is 335 g/mol. The van der Waals surface area contributed by atoms with Crippen molar-refractivity contribution >= 4 is 11.6 Å². The molecule has 0 heterocycles. The Hall–Kier alpha value is -1.75. The van der Waals surface area contributed by atoms with Gasteiger partial charge in [-0.25, -0.2) is 0 Å². The standard InChI is InChI=1S/C19H34N4O/c1-5-24-18(16(2)3)12-15-23-19(20-4)22-14-9-13-21-17-10-7-6-8-11-17/h6-8,10-11,16,18,21H,5,9,12-15H2,1-4H3,(H2,20,22,23). The van der Waals surface area contributed by atoms with Gasteiger partial charge in [0, 0.05) is 39.0 Å². The number of hydrogen-bond acceptors (Lipinski definition) is 3. The van der Waals surface area contributed by atoms with Gasteiger partial charge >= 0.3 is 0 Å². The lowest BCUT2D eigenvalue weighted by Crippen LogP contribution is -2.40. The third kappa shape index (κ3) is 8.77. The Balaban J connectivity index is 2.14. The minimum atomic E-state index is 0.302. The van der Waals surface area contributed by atoms with E-state index in [2.05, 4.69) is 46.9 Å². The van der Waals surface area contributed by atoms with Crippen molar-refractivity contribution in [3.8, 4) is 0 Å². The van der Waals surface area contributed by atoms with E-state index in [9.17, 15) is 0 Å². The fourth-order valence-corrected chi connectivity index (χ4v) is 2.46. The third-order valence-corrected chi connectivity index (χ3v) is 3.82. The van der Waals surface area contributed by atoms with Crippen LogP contribution in [-0.2, 0) is 4.74 Å². The van der Waals surface area contributed by atoms with E-state index in [1.54, 1.807) is 7.05 Å². The maximum atomic E-state index is 5.77. The maximum absolute atomic E-state index is 5.77. The van der Waals surface area contributed by atoms with Gasteiger partial charge in [0.1, 0.15) is 0 Å². The molecule has 0 bridgehead atoms. The van der Waals surface area contributed by atoms with Crippen LogP contribution in [0.15, 0.2) is 35.3 Å². The van der Waals surface area contributed by atoms with Crippen molar-refractivity contribution < 1.29 is 4.74 Å². The van der Waals surface area contributed by atoms with Crippen molar-refractivity contribution in [1.29, 1.82) is 0 Å². The van der Waals surface area contributed by atoms with Crippen LogP contribution >= 0.6 is 0 Å². The van der Waals surface area contributed by atoms with Crippen molar-refractivity contribution in [3.63, 3.8) is 0 Å². The number of nitrogens with one attached hydrogen (secondary N) is 3. The van der Waals surface area contributed by atoms with E-state index < -0.39 is 0 Å². The highest BCUT2D eigenvalue weighted by molar-refractivity contribution is 5.79. The second kappa shape index (κ2) is 12.6. The molecule has 1 unspecified atom stereocenters. The summed E-state index contributed by atoms with van der Waals surface area (Å²) in [5, 5.41) is 10.1. The quantitative estimate of drug-likeness (QED) is 0.331. The van der Waals surface area contributed by atoms with Crippen LogP contribution in [0.3, 0.4) is 0 Å². The van der Waals surface area contributed by atoms with Crippen LogP contribution in [-0.4, -0.2) is 45.4 Å². The van der Waals surface area contributed by atoms with Crippen LogP contribution < -0.4 is 16.0 Å². The zero-order valence-electron chi connectivity index (χ0n) is 15.6. The molecule has 0 aliphatic rings. The van der Waals surface area contributed by atoms with Crippen LogP contribution in [0.1, 0.15) is 33.6 Å². The molecule has 24 heavy (non-hydrogen) atoms. The van der Waals surface area contributed by atoms with Crippen LogP contribution in [0.5, 0.6) is 0 Å². The van der Waals surface area contributed by atoms with E-state index in [0.29, 0.717) is 12.0 Å². The molecule has 0 aliphatic heterocycles. The summed E-state index contributed by atoms with van der Waals surface area (Å²) in [5.41, 5.74) is 1.16. The number of aliphatic imine (C=N–C) groups is 1. The lowest BCUT2D eigenvalue weighted by atomic mass is 10.0. The summed E-state index contributed by atoms with van der Waals surface area (Å²) in [5.74, 6) is 1.39. The fourth-order valence-electron chi connectivity index (χ4n) is 2.46. The molecule has 0 radical (unpaired) electrons. The number of ether oxygens (including phenoxy) is 1. The lowest BCUT2D eigenvalue weighted by molar-refractivity contribution is 0.0258. The van der Waals surface area contributed by atoms with Gasteiger partial charge in [-0.1, -0.05) is 32.0 Å². The van der Waals surface area contributed by atoms with Crippen molar-refractivity contribution in [1.82, 2.24) is 10.6 Å². The molecular weight excluding hydrogens is 300 g/mol. The van der Waals surface area contributed by atoms with E-state index >= 15 is 0 Å². The summed E-state index contributed by atoms with van der Waals surface area (Å²) in [7, 11) is 1.81. The van der Waals surface area contributed by atoms with Gasteiger partial charge in [0.2, 0.25) is 0 Å². The van der Waals surface area contributed by atoms with Gasteiger partial charge in [-0.3, -0.25) is 4.99 Å². The Kier molecular flexibility index (Phi) is 10.7. The number of benzene rings is 1. The first-order chi connectivity index (χ1) is 11.7. The van der Waals surface area contributed by atoms with Crippen molar-refractivity contribution in [3.05, 3.63) is 30.3 Å². The highest BCUT2D eigenvalue weighted by Crippen LogP contribution is 2.09. The largest absolute Gasteiger partial charge is 0.385 e. The number of anilines is 1. The Morgan fingerprint density at radius 3 is 2.42 bits per heavy atom. The van der Waals surface area contributed by atoms with E-state index in [4.69, 9.17) is 4.74 Å². The summed E-state index contributed by atoms with van der Waals surface area (Å²) in [6.45, 7) is 9.91. The molecule has 0 aliphatic carbocycles. The lowest BCUT2D eigenvalue weighted by Gasteiger charge is -2.21. The van der Waals surface area contributed by atoms with Crippen LogP contribution in [0.25, 0.3) is 0 Å². The van der Waals surface area contributed by atoms with Gasteiger partial charge in [0.25, 0.3) is 0 Å². The van der Waals surface area contributed by atoms with Gasteiger partial charge in [-0.05, 0) is 37.8 Å². The monoisotopic (exact) mass is 334 g/mol. The predicted octanol–water partition coefficient (Wildman–Crippen LogP) is 3.10. The summed E-state index contributed by atoms with van der Waals surface area (Å²) >= 11 is 0. The Bertz CT molecular complexity index is 448. The molecule has 1 aromatic carbocycles. The molecule has 136 valence electrons. The molecule has 0 fully saturated rings. The van der Waals surface area contributed by atoms with Crippen LogP contribution in [0.2, 0.25) is 0 Å².